The van der Waals surface area contributed by atoms with Gasteiger partial charge in [0.05, 0.1) is 5.69 Å². The van der Waals surface area contributed by atoms with E-state index in [0.29, 0.717) is 0 Å². The van der Waals surface area contributed by atoms with Crippen LogP contribution in [0.15, 0.2) is 40.9 Å². The highest BCUT2D eigenvalue weighted by atomic mass is 79.9. The van der Waals surface area contributed by atoms with Crippen molar-refractivity contribution >= 4 is 21.7 Å². The Balaban J connectivity index is 1.83. The lowest BCUT2D eigenvalue weighted by atomic mass is 10.1. The van der Waals surface area contributed by atoms with E-state index in [1.54, 1.807) is 0 Å². The smallest absolute Gasteiger partial charge is 0.151 e. The number of halogens is 1. The molecule has 3 rings (SSSR count). The molecule has 1 unspecified atom stereocenters. The van der Waals surface area contributed by atoms with Gasteiger partial charge < -0.3 is 10.6 Å². The third kappa shape index (κ3) is 2.83. The summed E-state index contributed by atoms with van der Waals surface area (Å²) >= 11 is 3.54. The Labute approximate surface area is 127 Å². The number of aromatic nitrogens is 2. The summed E-state index contributed by atoms with van der Waals surface area (Å²) in [6, 6.07) is 12.3. The molecule has 4 nitrogen and oxygen atoms in total. The molecule has 104 valence electrons. The van der Waals surface area contributed by atoms with Gasteiger partial charge in [0.25, 0.3) is 0 Å². The predicted molar refractivity (Wildman–Crippen MR) is 84.6 cm³/mol. The van der Waals surface area contributed by atoms with Gasteiger partial charge in [0.1, 0.15) is 0 Å². The minimum absolute atomic E-state index is 0.244. The Morgan fingerprint density at radius 2 is 2.00 bits per heavy atom. The summed E-state index contributed by atoms with van der Waals surface area (Å²) in [5.41, 5.74) is 7.94. The van der Waals surface area contributed by atoms with Crippen molar-refractivity contribution in [1.82, 2.24) is 10.2 Å². The molecular weight excluding hydrogens is 316 g/mol. The van der Waals surface area contributed by atoms with Crippen LogP contribution in [0.1, 0.15) is 12.8 Å². The fourth-order valence-electron chi connectivity index (χ4n) is 2.52. The number of nitrogens with zero attached hydrogens (tertiary/aromatic N) is 3. The molecule has 0 radical (unpaired) electrons. The summed E-state index contributed by atoms with van der Waals surface area (Å²) in [5, 5.41) is 8.70. The summed E-state index contributed by atoms with van der Waals surface area (Å²) in [6.07, 6.45) is 2.22. The number of hydrogen-bond acceptors (Lipinski definition) is 4. The molecule has 1 fully saturated rings. The molecule has 1 aliphatic rings. The second kappa shape index (κ2) is 5.89. The van der Waals surface area contributed by atoms with Crippen LogP contribution in [0.5, 0.6) is 0 Å². The maximum Gasteiger partial charge on any atom is 0.151 e. The molecule has 2 N–H and O–H groups in total. The number of nitrogens with two attached hydrogens (primary N) is 1. The molecule has 1 aromatic carbocycles. The minimum atomic E-state index is 0.244. The molecule has 0 spiro atoms. The van der Waals surface area contributed by atoms with E-state index in [0.717, 1.165) is 47.5 Å². The van der Waals surface area contributed by atoms with Crippen molar-refractivity contribution in [2.45, 2.75) is 18.9 Å². The fourth-order valence-corrected chi connectivity index (χ4v) is 3.01. The highest BCUT2D eigenvalue weighted by Crippen LogP contribution is 2.27. The summed E-state index contributed by atoms with van der Waals surface area (Å²) in [5.74, 6) is 0.913. The average molecular weight is 333 g/mol. The van der Waals surface area contributed by atoms with Crippen molar-refractivity contribution in [1.29, 1.82) is 0 Å². The normalized spacial score (nSPS) is 19.1. The summed E-state index contributed by atoms with van der Waals surface area (Å²) in [6.45, 7) is 1.87. The molecule has 5 heteroatoms. The van der Waals surface area contributed by atoms with Gasteiger partial charge in [0.2, 0.25) is 0 Å². The lowest BCUT2D eigenvalue weighted by Gasteiger charge is -2.31. The monoisotopic (exact) mass is 332 g/mol. The van der Waals surface area contributed by atoms with Crippen molar-refractivity contribution in [3.05, 3.63) is 40.9 Å². The zero-order chi connectivity index (χ0) is 13.9. The second-order valence-corrected chi connectivity index (χ2v) is 5.96. The highest BCUT2D eigenvalue weighted by molar-refractivity contribution is 9.10. The SMILES string of the molecule is NC1CCCN(c2ccc(-c3ccccc3Br)nn2)C1. The van der Waals surface area contributed by atoms with E-state index in [4.69, 9.17) is 5.73 Å². The van der Waals surface area contributed by atoms with Gasteiger partial charge in [-0.15, -0.1) is 10.2 Å². The third-order valence-electron chi connectivity index (χ3n) is 3.58. The van der Waals surface area contributed by atoms with E-state index in [9.17, 15) is 0 Å². The van der Waals surface area contributed by atoms with Gasteiger partial charge in [-0.1, -0.05) is 34.1 Å². The van der Waals surface area contributed by atoms with Gasteiger partial charge >= 0.3 is 0 Å². The largest absolute Gasteiger partial charge is 0.354 e. The molecular formula is C15H17BrN4. The standard InChI is InChI=1S/C15H17BrN4/c16-13-6-2-1-5-12(13)14-7-8-15(19-18-14)20-9-3-4-11(17)10-20/h1-2,5-8,11H,3-4,9-10,17H2. The molecule has 0 amide bonds. The van der Waals surface area contributed by atoms with Crippen molar-refractivity contribution in [2.24, 2.45) is 5.73 Å². The molecule has 2 aromatic rings. The summed E-state index contributed by atoms with van der Waals surface area (Å²) < 4.78 is 1.03. The Kier molecular flexibility index (Phi) is 3.98. The quantitative estimate of drug-likeness (QED) is 0.918. The molecule has 1 atom stereocenters. The van der Waals surface area contributed by atoms with Crippen molar-refractivity contribution in [3.8, 4) is 11.3 Å². The van der Waals surface area contributed by atoms with Gasteiger partial charge in [-0.25, -0.2) is 0 Å². The van der Waals surface area contributed by atoms with Crippen LogP contribution in [-0.4, -0.2) is 29.3 Å². The van der Waals surface area contributed by atoms with E-state index >= 15 is 0 Å². The van der Waals surface area contributed by atoms with Gasteiger partial charge in [0, 0.05) is 29.2 Å². The molecule has 0 saturated carbocycles. The maximum absolute atomic E-state index is 6.01. The van der Waals surface area contributed by atoms with Gasteiger partial charge in [0.15, 0.2) is 5.82 Å². The number of piperidine rings is 1. The van der Waals surface area contributed by atoms with Crippen LogP contribution in [0.4, 0.5) is 5.82 Å². The van der Waals surface area contributed by atoms with E-state index in [-0.39, 0.29) is 6.04 Å². The van der Waals surface area contributed by atoms with Crippen LogP contribution in [0.25, 0.3) is 11.3 Å². The number of rotatable bonds is 2. The average Bonchev–Trinajstić information content (AvgIpc) is 2.48. The predicted octanol–water partition coefficient (Wildman–Crippen LogP) is 2.83. The van der Waals surface area contributed by atoms with Crippen molar-refractivity contribution < 1.29 is 0 Å². The first-order valence-corrected chi connectivity index (χ1v) is 7.62. The molecule has 2 heterocycles. The van der Waals surface area contributed by atoms with E-state index < -0.39 is 0 Å². The third-order valence-corrected chi connectivity index (χ3v) is 4.27. The van der Waals surface area contributed by atoms with Crippen LogP contribution in [0, 0.1) is 0 Å². The van der Waals surface area contributed by atoms with Crippen molar-refractivity contribution in [3.63, 3.8) is 0 Å². The Morgan fingerprint density at radius 3 is 2.70 bits per heavy atom. The molecule has 20 heavy (non-hydrogen) atoms. The highest BCUT2D eigenvalue weighted by Gasteiger charge is 2.18. The topological polar surface area (TPSA) is 55.0 Å². The first-order valence-electron chi connectivity index (χ1n) is 6.83. The van der Waals surface area contributed by atoms with E-state index in [1.807, 2.05) is 36.4 Å². The fraction of sp³-hybridized carbons (Fsp3) is 0.333. The number of benzene rings is 1. The second-order valence-electron chi connectivity index (χ2n) is 5.10. The van der Waals surface area contributed by atoms with Gasteiger partial charge in [-0.3, -0.25) is 0 Å². The van der Waals surface area contributed by atoms with Gasteiger partial charge in [-0.05, 0) is 31.0 Å². The molecule has 0 bridgehead atoms. The molecule has 0 aliphatic carbocycles. The number of anilines is 1. The van der Waals surface area contributed by atoms with Crippen LogP contribution in [0.2, 0.25) is 0 Å². The van der Waals surface area contributed by atoms with Crippen molar-refractivity contribution in [2.75, 3.05) is 18.0 Å². The van der Waals surface area contributed by atoms with Crippen LogP contribution < -0.4 is 10.6 Å². The van der Waals surface area contributed by atoms with Crippen LogP contribution in [0.3, 0.4) is 0 Å². The maximum atomic E-state index is 6.01. The Morgan fingerprint density at radius 1 is 1.15 bits per heavy atom. The zero-order valence-corrected chi connectivity index (χ0v) is 12.8. The summed E-state index contributed by atoms with van der Waals surface area (Å²) in [7, 11) is 0. The first kappa shape index (κ1) is 13.5. The van der Waals surface area contributed by atoms with E-state index in [1.165, 1.54) is 0 Å². The van der Waals surface area contributed by atoms with Crippen LogP contribution in [-0.2, 0) is 0 Å². The minimum Gasteiger partial charge on any atom is -0.354 e. The molecule has 1 aliphatic heterocycles. The first-order chi connectivity index (χ1) is 9.74. The number of hydrogen-bond donors (Lipinski definition) is 1. The Bertz CT molecular complexity index is 585. The molecule has 1 aromatic heterocycles. The summed E-state index contributed by atoms with van der Waals surface area (Å²) in [4.78, 5) is 2.21. The van der Waals surface area contributed by atoms with Crippen LogP contribution >= 0.6 is 15.9 Å². The zero-order valence-electron chi connectivity index (χ0n) is 11.2. The Hall–Kier alpha value is -1.46. The lowest BCUT2D eigenvalue weighted by Crippen LogP contribution is -2.43. The lowest BCUT2D eigenvalue weighted by molar-refractivity contribution is 0.502. The molecule has 1 saturated heterocycles. The van der Waals surface area contributed by atoms with Gasteiger partial charge in [-0.2, -0.15) is 0 Å². The van der Waals surface area contributed by atoms with E-state index in [2.05, 4.69) is 31.0 Å².